The summed E-state index contributed by atoms with van der Waals surface area (Å²) in [6, 6.07) is 0.860. The first-order valence-corrected chi connectivity index (χ1v) is 7.53. The van der Waals surface area contributed by atoms with Gasteiger partial charge in [-0.3, -0.25) is 14.4 Å². The van der Waals surface area contributed by atoms with Crippen LogP contribution in [0.3, 0.4) is 0 Å². The predicted molar refractivity (Wildman–Crippen MR) is 67.0 cm³/mol. The minimum atomic E-state index is -4.64. The van der Waals surface area contributed by atoms with E-state index in [1.807, 2.05) is 0 Å². The van der Waals surface area contributed by atoms with Crippen molar-refractivity contribution in [3.05, 3.63) is 29.6 Å². The lowest BCUT2D eigenvalue weighted by molar-refractivity contribution is -0.146. The number of benzene rings is 1. The van der Waals surface area contributed by atoms with Crippen molar-refractivity contribution in [1.82, 2.24) is 0 Å². The lowest BCUT2D eigenvalue weighted by Gasteiger charge is -2.26. The summed E-state index contributed by atoms with van der Waals surface area (Å²) in [6.45, 7) is 2.72. The summed E-state index contributed by atoms with van der Waals surface area (Å²) < 4.78 is 54.0. The average molecular weight is 336 g/mol. The summed E-state index contributed by atoms with van der Waals surface area (Å²) in [7, 11) is -4.64. The van der Waals surface area contributed by atoms with Gasteiger partial charge in [0.05, 0.1) is 5.19 Å². The van der Waals surface area contributed by atoms with Gasteiger partial charge in [-0.25, -0.2) is 13.2 Å². The van der Waals surface area contributed by atoms with Crippen LogP contribution in [0.4, 0.5) is 13.2 Å². The number of carbonyl (C=O) groups excluding carboxylic acids is 3. The zero-order valence-corrected chi connectivity index (χ0v) is 12.7. The number of hydrogen-bond acceptors (Lipinski definition) is 6. The Bertz CT molecular complexity index is 569. The molecule has 0 atom stereocenters. The van der Waals surface area contributed by atoms with E-state index in [9.17, 15) is 27.6 Å². The summed E-state index contributed by atoms with van der Waals surface area (Å²) >= 11 is 0. The standard InChI is InChI=1S/C12H11F3O6Si/c1-6(16)19-22(20-7(2)17,21-8(3)18)9-4-10(13)12(15)11(14)5-9/h4-5H,1-3H3. The van der Waals surface area contributed by atoms with Crippen molar-refractivity contribution in [1.29, 1.82) is 0 Å². The number of rotatable bonds is 4. The smallest absolute Gasteiger partial charge is 0.452 e. The van der Waals surface area contributed by atoms with Crippen molar-refractivity contribution >= 4 is 31.9 Å². The SMILES string of the molecule is CC(=O)O[Si](OC(C)=O)(OC(C)=O)c1cc(F)c(F)c(F)c1. The van der Waals surface area contributed by atoms with E-state index in [1.54, 1.807) is 0 Å². The third kappa shape index (κ3) is 4.07. The van der Waals surface area contributed by atoms with E-state index in [0.717, 1.165) is 20.8 Å². The second kappa shape index (κ2) is 6.60. The van der Waals surface area contributed by atoms with E-state index in [0.29, 0.717) is 12.1 Å². The molecule has 0 spiro atoms. The lowest BCUT2D eigenvalue weighted by Crippen LogP contribution is -2.59. The van der Waals surface area contributed by atoms with Gasteiger partial charge >= 0.3 is 8.80 Å². The van der Waals surface area contributed by atoms with Crippen molar-refractivity contribution in [2.45, 2.75) is 20.8 Å². The van der Waals surface area contributed by atoms with Crippen molar-refractivity contribution in [3.63, 3.8) is 0 Å². The molecule has 0 aromatic heterocycles. The Kier molecular flexibility index (Phi) is 5.31. The quantitative estimate of drug-likeness (QED) is 0.601. The molecule has 1 rings (SSSR count). The summed E-state index contributed by atoms with van der Waals surface area (Å²) in [5, 5.41) is -0.593. The fourth-order valence-electron chi connectivity index (χ4n) is 1.54. The maximum Gasteiger partial charge on any atom is 0.743 e. The molecular weight excluding hydrogens is 325 g/mol. The second-order valence-electron chi connectivity index (χ2n) is 4.09. The van der Waals surface area contributed by atoms with Gasteiger partial charge in [-0.05, 0) is 12.1 Å². The van der Waals surface area contributed by atoms with Crippen LogP contribution in [0.25, 0.3) is 0 Å². The Labute approximate surface area is 124 Å². The maximum absolute atomic E-state index is 13.4. The van der Waals surface area contributed by atoms with Crippen molar-refractivity contribution in [3.8, 4) is 0 Å². The van der Waals surface area contributed by atoms with Gasteiger partial charge in [0.2, 0.25) is 0 Å². The largest absolute Gasteiger partial charge is 0.743 e. The molecule has 6 nitrogen and oxygen atoms in total. The molecule has 0 fully saturated rings. The third-order valence-electron chi connectivity index (χ3n) is 2.17. The van der Waals surface area contributed by atoms with Crippen LogP contribution in [0.15, 0.2) is 12.1 Å². The van der Waals surface area contributed by atoms with Crippen molar-refractivity contribution in [2.75, 3.05) is 0 Å². The molecule has 0 radical (unpaired) electrons. The van der Waals surface area contributed by atoms with Gasteiger partial charge in [0.25, 0.3) is 17.9 Å². The Morgan fingerprint density at radius 1 is 0.818 bits per heavy atom. The van der Waals surface area contributed by atoms with Crippen molar-refractivity contribution in [2.24, 2.45) is 0 Å². The normalized spacial score (nSPS) is 10.8. The first-order valence-electron chi connectivity index (χ1n) is 5.81. The van der Waals surface area contributed by atoms with E-state index in [-0.39, 0.29) is 0 Å². The molecule has 0 amide bonds. The van der Waals surface area contributed by atoms with Gasteiger partial charge in [0.1, 0.15) is 0 Å². The zero-order chi connectivity index (χ0) is 17.1. The molecule has 0 unspecified atom stereocenters. The van der Waals surface area contributed by atoms with Crippen LogP contribution >= 0.6 is 0 Å². The molecular formula is C12H11F3O6Si. The number of halogens is 3. The van der Waals surface area contributed by atoms with Crippen LogP contribution in [0.1, 0.15) is 20.8 Å². The molecule has 0 aliphatic heterocycles. The molecule has 0 N–H and O–H groups in total. The van der Waals surface area contributed by atoms with Crippen LogP contribution in [-0.4, -0.2) is 26.7 Å². The van der Waals surface area contributed by atoms with E-state index in [1.165, 1.54) is 0 Å². The highest BCUT2D eigenvalue weighted by Crippen LogP contribution is 2.16. The van der Waals surface area contributed by atoms with Gasteiger partial charge in [-0.2, -0.15) is 0 Å². The van der Waals surface area contributed by atoms with E-state index < -0.39 is 49.4 Å². The van der Waals surface area contributed by atoms with Gasteiger partial charge in [-0.1, -0.05) is 0 Å². The molecule has 0 saturated heterocycles. The second-order valence-corrected chi connectivity index (χ2v) is 6.39. The van der Waals surface area contributed by atoms with Gasteiger partial charge in [0, 0.05) is 20.8 Å². The zero-order valence-electron chi connectivity index (χ0n) is 11.7. The van der Waals surface area contributed by atoms with Gasteiger partial charge < -0.3 is 13.3 Å². The van der Waals surface area contributed by atoms with Crippen LogP contribution in [-0.2, 0) is 27.7 Å². The number of carbonyl (C=O) groups is 3. The van der Waals surface area contributed by atoms with E-state index in [4.69, 9.17) is 13.3 Å². The Morgan fingerprint density at radius 3 is 1.41 bits per heavy atom. The summed E-state index contributed by atoms with van der Waals surface area (Å²) in [6.07, 6.45) is 0. The van der Waals surface area contributed by atoms with E-state index in [2.05, 4.69) is 0 Å². The minimum absolute atomic E-state index is 0.430. The molecule has 0 saturated carbocycles. The topological polar surface area (TPSA) is 78.9 Å². The van der Waals surface area contributed by atoms with Crippen LogP contribution in [0.2, 0.25) is 0 Å². The first kappa shape index (κ1) is 17.7. The maximum atomic E-state index is 13.4. The number of hydrogen-bond donors (Lipinski definition) is 0. The Morgan fingerprint density at radius 2 is 1.14 bits per heavy atom. The molecule has 120 valence electrons. The highest BCUT2D eigenvalue weighted by Gasteiger charge is 2.55. The fraction of sp³-hybridized carbons (Fsp3) is 0.250. The lowest BCUT2D eigenvalue weighted by atomic mass is 10.3. The van der Waals surface area contributed by atoms with Gasteiger partial charge in [0.15, 0.2) is 17.5 Å². The summed E-state index contributed by atoms with van der Waals surface area (Å²) in [4.78, 5) is 33.6. The molecule has 1 aromatic carbocycles. The molecule has 1 aromatic rings. The Hall–Kier alpha value is -2.36. The highest BCUT2D eigenvalue weighted by atomic mass is 28.4. The van der Waals surface area contributed by atoms with E-state index >= 15 is 0 Å². The van der Waals surface area contributed by atoms with Gasteiger partial charge in [-0.15, -0.1) is 0 Å². The molecule has 0 bridgehead atoms. The molecule has 0 aliphatic carbocycles. The van der Waals surface area contributed by atoms with Crippen molar-refractivity contribution < 1.29 is 40.8 Å². The summed E-state index contributed by atoms with van der Waals surface area (Å²) in [5.41, 5.74) is 0. The Balaban J connectivity index is 3.54. The monoisotopic (exact) mass is 336 g/mol. The third-order valence-corrected chi connectivity index (χ3v) is 4.84. The highest BCUT2D eigenvalue weighted by molar-refractivity contribution is 6.79. The fourth-order valence-corrected chi connectivity index (χ4v) is 3.76. The minimum Gasteiger partial charge on any atom is -0.452 e. The average Bonchev–Trinajstić information content (AvgIpc) is 2.32. The molecule has 0 heterocycles. The van der Waals surface area contributed by atoms with Crippen LogP contribution in [0, 0.1) is 17.5 Å². The first-order chi connectivity index (χ1) is 10.1. The van der Waals surface area contributed by atoms with Crippen LogP contribution < -0.4 is 5.19 Å². The predicted octanol–water partition coefficient (Wildman–Crippen LogP) is 0.939. The van der Waals surface area contributed by atoms with Crippen LogP contribution in [0.5, 0.6) is 0 Å². The molecule has 22 heavy (non-hydrogen) atoms. The molecule has 10 heteroatoms. The summed E-state index contributed by atoms with van der Waals surface area (Å²) in [5.74, 6) is -8.12. The molecule has 0 aliphatic rings.